The molecule has 2 aromatic carbocycles. The van der Waals surface area contributed by atoms with Crippen molar-refractivity contribution in [1.29, 1.82) is 0 Å². The number of hydrogen-bond acceptors (Lipinski definition) is 5. The fraction of sp³-hybridized carbons (Fsp3) is 0.238. The quantitative estimate of drug-likeness (QED) is 0.670. The number of thiazole rings is 1. The maximum absolute atomic E-state index is 13.0. The average molecular weight is 428 g/mol. The third kappa shape index (κ3) is 4.10. The number of benzene rings is 2. The molecule has 4 rings (SSSR count). The Balaban J connectivity index is 1.51. The molecule has 1 N–H and O–H groups in total. The topological polar surface area (TPSA) is 79.4 Å². The highest BCUT2D eigenvalue weighted by atomic mass is 32.2. The number of rotatable bonds is 5. The van der Waals surface area contributed by atoms with Crippen molar-refractivity contribution in [2.24, 2.45) is 0 Å². The van der Waals surface area contributed by atoms with Crippen LogP contribution in [-0.2, 0) is 14.8 Å². The summed E-state index contributed by atoms with van der Waals surface area (Å²) in [4.78, 5) is 17.5. The predicted octanol–water partition coefficient (Wildman–Crippen LogP) is 3.91. The monoisotopic (exact) mass is 427 g/mol. The highest BCUT2D eigenvalue weighted by Gasteiger charge is 2.39. The van der Waals surface area contributed by atoms with E-state index in [0.717, 1.165) is 16.8 Å². The van der Waals surface area contributed by atoms with Crippen LogP contribution in [0.5, 0.6) is 0 Å². The Morgan fingerprint density at radius 1 is 1.14 bits per heavy atom. The van der Waals surface area contributed by atoms with Crippen LogP contribution in [0.15, 0.2) is 64.9 Å². The number of carbonyl (C=O) groups excluding carboxylic acids is 1. The molecule has 1 aliphatic rings. The molecule has 1 aliphatic heterocycles. The van der Waals surface area contributed by atoms with Crippen molar-refractivity contribution in [1.82, 2.24) is 9.29 Å². The lowest BCUT2D eigenvalue weighted by molar-refractivity contribution is -0.119. The van der Waals surface area contributed by atoms with Gasteiger partial charge in [-0.15, -0.1) is 11.3 Å². The van der Waals surface area contributed by atoms with Gasteiger partial charge in [-0.05, 0) is 31.9 Å². The average Bonchev–Trinajstić information content (AvgIpc) is 3.39. The fourth-order valence-corrected chi connectivity index (χ4v) is 5.78. The Hall–Kier alpha value is -2.55. The van der Waals surface area contributed by atoms with Gasteiger partial charge >= 0.3 is 0 Å². The third-order valence-corrected chi connectivity index (χ3v) is 7.62. The summed E-state index contributed by atoms with van der Waals surface area (Å²) in [6.45, 7) is 2.24. The Labute approximate surface area is 174 Å². The smallest absolute Gasteiger partial charge is 0.244 e. The molecule has 0 radical (unpaired) electrons. The van der Waals surface area contributed by atoms with Gasteiger partial charge in [0, 0.05) is 17.5 Å². The Kier molecular flexibility index (Phi) is 5.49. The van der Waals surface area contributed by atoms with Gasteiger partial charge in [0.1, 0.15) is 6.04 Å². The van der Waals surface area contributed by atoms with Crippen molar-refractivity contribution in [2.75, 3.05) is 11.9 Å². The van der Waals surface area contributed by atoms with E-state index < -0.39 is 16.1 Å². The zero-order valence-electron chi connectivity index (χ0n) is 15.9. The number of hydrogen-bond donors (Lipinski definition) is 1. The number of amides is 1. The van der Waals surface area contributed by atoms with Crippen molar-refractivity contribution in [2.45, 2.75) is 30.7 Å². The molecule has 29 heavy (non-hydrogen) atoms. The number of aryl methyl sites for hydroxylation is 1. The molecule has 6 nitrogen and oxygen atoms in total. The SMILES string of the molecule is Cc1ccc(S(=O)(=O)N2CCC[C@H]2C(=O)Nc2nc(-c3ccccc3)cs2)cc1. The second kappa shape index (κ2) is 8.06. The first-order valence-electron chi connectivity index (χ1n) is 9.35. The minimum Gasteiger partial charge on any atom is -0.301 e. The van der Waals surface area contributed by atoms with Gasteiger partial charge in [-0.3, -0.25) is 4.79 Å². The minimum atomic E-state index is -3.72. The summed E-state index contributed by atoms with van der Waals surface area (Å²) in [5.74, 6) is -0.341. The molecule has 150 valence electrons. The lowest BCUT2D eigenvalue weighted by atomic mass is 10.2. The molecule has 0 unspecified atom stereocenters. The normalized spacial score (nSPS) is 17.3. The highest BCUT2D eigenvalue weighted by molar-refractivity contribution is 7.89. The first kappa shape index (κ1) is 19.8. The number of nitrogens with zero attached hydrogens (tertiary/aromatic N) is 2. The van der Waals surface area contributed by atoms with Crippen LogP contribution < -0.4 is 5.32 Å². The number of aromatic nitrogens is 1. The summed E-state index contributed by atoms with van der Waals surface area (Å²) in [6.07, 6.45) is 1.14. The van der Waals surface area contributed by atoms with E-state index >= 15 is 0 Å². The largest absolute Gasteiger partial charge is 0.301 e. The van der Waals surface area contributed by atoms with Crippen LogP contribution in [-0.4, -0.2) is 36.2 Å². The maximum Gasteiger partial charge on any atom is 0.244 e. The second-order valence-corrected chi connectivity index (χ2v) is 9.73. The van der Waals surface area contributed by atoms with Gasteiger partial charge in [0.05, 0.1) is 10.6 Å². The molecule has 0 bridgehead atoms. The molecule has 1 amide bonds. The summed E-state index contributed by atoms with van der Waals surface area (Å²) in [5, 5.41) is 5.14. The molecule has 1 aromatic heterocycles. The molecule has 3 aromatic rings. The molecular formula is C21H21N3O3S2. The van der Waals surface area contributed by atoms with Crippen LogP contribution in [0.3, 0.4) is 0 Å². The van der Waals surface area contributed by atoms with E-state index in [9.17, 15) is 13.2 Å². The summed E-state index contributed by atoms with van der Waals surface area (Å²) in [5.41, 5.74) is 2.73. The van der Waals surface area contributed by atoms with Crippen LogP contribution >= 0.6 is 11.3 Å². The van der Waals surface area contributed by atoms with E-state index in [1.807, 2.05) is 42.6 Å². The molecule has 1 fully saturated rings. The predicted molar refractivity (Wildman–Crippen MR) is 114 cm³/mol. The lowest BCUT2D eigenvalue weighted by Gasteiger charge is -2.23. The van der Waals surface area contributed by atoms with Gasteiger partial charge in [0.2, 0.25) is 15.9 Å². The number of sulfonamides is 1. The zero-order valence-corrected chi connectivity index (χ0v) is 17.5. The standard InChI is InChI=1S/C21H21N3O3S2/c1-15-9-11-17(12-10-15)29(26,27)24-13-5-8-19(24)20(25)23-21-22-18(14-28-21)16-6-3-2-4-7-16/h2-4,6-7,9-12,14,19H,5,8,13H2,1H3,(H,22,23,25)/t19-/m0/s1. The lowest BCUT2D eigenvalue weighted by Crippen LogP contribution is -2.43. The first-order chi connectivity index (χ1) is 13.9. The molecule has 1 atom stereocenters. The number of nitrogens with one attached hydrogen (secondary N) is 1. The Morgan fingerprint density at radius 2 is 1.86 bits per heavy atom. The van der Waals surface area contributed by atoms with E-state index in [0.29, 0.717) is 24.5 Å². The maximum atomic E-state index is 13.0. The molecule has 1 saturated heterocycles. The minimum absolute atomic E-state index is 0.211. The van der Waals surface area contributed by atoms with E-state index in [4.69, 9.17) is 0 Å². The highest BCUT2D eigenvalue weighted by Crippen LogP contribution is 2.29. The molecule has 0 spiro atoms. The van der Waals surface area contributed by atoms with Gasteiger partial charge in [0.15, 0.2) is 5.13 Å². The van der Waals surface area contributed by atoms with E-state index in [2.05, 4.69) is 10.3 Å². The van der Waals surface area contributed by atoms with Crippen molar-refractivity contribution in [3.05, 3.63) is 65.5 Å². The Bertz CT molecular complexity index is 1110. The van der Waals surface area contributed by atoms with Crippen molar-refractivity contribution in [3.63, 3.8) is 0 Å². The first-order valence-corrected chi connectivity index (χ1v) is 11.7. The van der Waals surface area contributed by atoms with Crippen LogP contribution in [0, 0.1) is 6.92 Å². The summed E-state index contributed by atoms with van der Waals surface area (Å²) in [7, 11) is -3.72. The molecular weight excluding hydrogens is 406 g/mol. The molecule has 0 saturated carbocycles. The van der Waals surface area contributed by atoms with Gasteiger partial charge in [-0.25, -0.2) is 13.4 Å². The Morgan fingerprint density at radius 3 is 2.59 bits per heavy atom. The van der Waals surface area contributed by atoms with Gasteiger partial charge in [-0.2, -0.15) is 4.31 Å². The fourth-order valence-electron chi connectivity index (χ4n) is 3.40. The van der Waals surface area contributed by atoms with Crippen molar-refractivity contribution >= 4 is 32.4 Å². The summed E-state index contributed by atoms with van der Waals surface area (Å²) < 4.78 is 27.4. The van der Waals surface area contributed by atoms with E-state index in [1.54, 1.807) is 24.3 Å². The van der Waals surface area contributed by atoms with Gasteiger partial charge < -0.3 is 5.32 Å². The van der Waals surface area contributed by atoms with Gasteiger partial charge in [-0.1, -0.05) is 48.0 Å². The zero-order chi connectivity index (χ0) is 20.4. The van der Waals surface area contributed by atoms with Gasteiger partial charge in [0.25, 0.3) is 0 Å². The summed E-state index contributed by atoms with van der Waals surface area (Å²) in [6, 6.07) is 15.7. The molecule has 8 heteroatoms. The van der Waals surface area contributed by atoms with E-state index in [-0.39, 0.29) is 10.8 Å². The van der Waals surface area contributed by atoms with E-state index in [1.165, 1.54) is 15.6 Å². The number of carbonyl (C=O) groups is 1. The van der Waals surface area contributed by atoms with Crippen molar-refractivity contribution < 1.29 is 13.2 Å². The molecule has 0 aliphatic carbocycles. The number of anilines is 1. The molecule has 2 heterocycles. The summed E-state index contributed by atoms with van der Waals surface area (Å²) >= 11 is 1.33. The van der Waals surface area contributed by atoms with Crippen LogP contribution in [0.4, 0.5) is 5.13 Å². The van der Waals surface area contributed by atoms with Crippen LogP contribution in [0.25, 0.3) is 11.3 Å². The van der Waals surface area contributed by atoms with Crippen LogP contribution in [0.1, 0.15) is 18.4 Å². The second-order valence-electron chi connectivity index (χ2n) is 6.98. The third-order valence-electron chi connectivity index (χ3n) is 4.94. The van der Waals surface area contributed by atoms with Crippen LogP contribution in [0.2, 0.25) is 0 Å². The van der Waals surface area contributed by atoms with Crippen molar-refractivity contribution in [3.8, 4) is 11.3 Å².